The molecule has 2 aromatic rings. The molecular weight excluding hydrogens is 422 g/mol. The number of carbonyl (C=O) groups excluding carboxylic acids is 2. The van der Waals surface area contributed by atoms with Gasteiger partial charge in [0.15, 0.2) is 0 Å². The molecule has 4 rings (SSSR count). The van der Waals surface area contributed by atoms with Crippen molar-refractivity contribution < 1.29 is 9.59 Å². The standard InChI is InChI=1S/C29H39N3O2/c1-6-22-12-14-23(15-13-22)32-28(34)31(19-29(32)16-7-8-17-29)18-26(33)30-27-24(20(2)3)10-9-11-25(27)21(4)5/h9-15,20-21H,6-8,16-19H2,1-5H3,(H,30,33). The zero-order valence-corrected chi connectivity index (χ0v) is 21.4. The number of hydrogen-bond acceptors (Lipinski definition) is 2. The van der Waals surface area contributed by atoms with Gasteiger partial charge in [-0.05, 0) is 59.9 Å². The molecule has 2 aromatic carbocycles. The number of amides is 3. The monoisotopic (exact) mass is 461 g/mol. The topological polar surface area (TPSA) is 52.7 Å². The highest BCUT2D eigenvalue weighted by Gasteiger charge is 2.51. The third-order valence-electron chi connectivity index (χ3n) is 7.53. The quantitative estimate of drug-likeness (QED) is 0.499. The zero-order valence-electron chi connectivity index (χ0n) is 21.4. The molecule has 0 radical (unpaired) electrons. The zero-order chi connectivity index (χ0) is 24.5. The first-order valence-corrected chi connectivity index (χ1v) is 12.9. The van der Waals surface area contributed by atoms with Gasteiger partial charge in [0, 0.05) is 17.9 Å². The number of urea groups is 1. The Hall–Kier alpha value is -2.82. The van der Waals surface area contributed by atoms with Crippen molar-refractivity contribution in [3.05, 3.63) is 59.2 Å². The van der Waals surface area contributed by atoms with E-state index in [0.717, 1.165) is 54.6 Å². The van der Waals surface area contributed by atoms with Gasteiger partial charge in [0.05, 0.1) is 5.54 Å². The van der Waals surface area contributed by atoms with Crippen molar-refractivity contribution in [3.8, 4) is 0 Å². The second-order valence-corrected chi connectivity index (χ2v) is 10.6. The minimum absolute atomic E-state index is 0.0532. The lowest BCUT2D eigenvalue weighted by Crippen LogP contribution is -2.45. The molecule has 5 heteroatoms. The van der Waals surface area contributed by atoms with Crippen molar-refractivity contribution >= 4 is 23.3 Å². The molecule has 0 atom stereocenters. The maximum atomic E-state index is 13.6. The molecule has 1 N–H and O–H groups in total. The van der Waals surface area contributed by atoms with E-state index in [1.807, 2.05) is 4.90 Å². The molecule has 5 nitrogen and oxygen atoms in total. The molecule has 1 aliphatic heterocycles. The van der Waals surface area contributed by atoms with E-state index >= 15 is 0 Å². The third kappa shape index (κ3) is 4.57. The first kappa shape index (κ1) is 24.3. The van der Waals surface area contributed by atoms with Crippen molar-refractivity contribution in [1.82, 2.24) is 4.90 Å². The lowest BCUT2D eigenvalue weighted by molar-refractivity contribution is -0.116. The Labute approximate surface area is 204 Å². The molecule has 1 saturated carbocycles. The van der Waals surface area contributed by atoms with Crippen molar-refractivity contribution in [3.63, 3.8) is 0 Å². The fraction of sp³-hybridized carbons (Fsp3) is 0.517. The van der Waals surface area contributed by atoms with Crippen molar-refractivity contribution in [2.75, 3.05) is 23.3 Å². The summed E-state index contributed by atoms with van der Waals surface area (Å²) in [4.78, 5) is 30.6. The van der Waals surface area contributed by atoms with E-state index in [1.54, 1.807) is 4.90 Å². The molecule has 1 saturated heterocycles. The summed E-state index contributed by atoms with van der Waals surface area (Å²) in [5.41, 5.74) is 5.18. The van der Waals surface area contributed by atoms with Crippen molar-refractivity contribution in [2.24, 2.45) is 0 Å². The maximum Gasteiger partial charge on any atom is 0.325 e. The van der Waals surface area contributed by atoms with Crippen LogP contribution < -0.4 is 10.2 Å². The van der Waals surface area contributed by atoms with Crippen LogP contribution in [0.2, 0.25) is 0 Å². The third-order valence-corrected chi connectivity index (χ3v) is 7.53. The van der Waals surface area contributed by atoms with Crippen LogP contribution in [0.3, 0.4) is 0 Å². The average molecular weight is 462 g/mol. The van der Waals surface area contributed by atoms with Gasteiger partial charge < -0.3 is 10.2 Å². The van der Waals surface area contributed by atoms with Crippen LogP contribution in [-0.4, -0.2) is 35.5 Å². The number of nitrogens with one attached hydrogen (secondary N) is 1. The van der Waals surface area contributed by atoms with Crippen LogP contribution in [0.15, 0.2) is 42.5 Å². The summed E-state index contributed by atoms with van der Waals surface area (Å²) in [7, 11) is 0. The summed E-state index contributed by atoms with van der Waals surface area (Å²) in [5, 5.41) is 3.19. The van der Waals surface area contributed by atoms with Gasteiger partial charge in [-0.15, -0.1) is 0 Å². The maximum absolute atomic E-state index is 13.6. The van der Waals surface area contributed by atoms with Gasteiger partial charge in [-0.2, -0.15) is 0 Å². The number of anilines is 2. The molecule has 182 valence electrons. The van der Waals surface area contributed by atoms with E-state index in [9.17, 15) is 9.59 Å². The van der Waals surface area contributed by atoms with Crippen LogP contribution in [0.4, 0.5) is 16.2 Å². The Morgan fingerprint density at radius 1 is 0.971 bits per heavy atom. The number of rotatable bonds is 7. The van der Waals surface area contributed by atoms with Gasteiger partial charge in [-0.3, -0.25) is 9.69 Å². The van der Waals surface area contributed by atoms with Crippen LogP contribution in [0, 0.1) is 0 Å². The van der Waals surface area contributed by atoms with E-state index in [4.69, 9.17) is 0 Å². The smallest absolute Gasteiger partial charge is 0.324 e. The number of carbonyl (C=O) groups is 2. The lowest BCUT2D eigenvalue weighted by atomic mass is 9.92. The summed E-state index contributed by atoms with van der Waals surface area (Å²) in [6, 6.07) is 14.5. The highest BCUT2D eigenvalue weighted by Crippen LogP contribution is 2.43. The molecule has 2 aliphatic rings. The number of benzene rings is 2. The molecule has 3 amide bonds. The highest BCUT2D eigenvalue weighted by atomic mass is 16.2. The Kier molecular flexibility index (Phi) is 7.01. The van der Waals surface area contributed by atoms with Crippen molar-refractivity contribution in [2.45, 2.75) is 84.1 Å². The molecule has 0 bridgehead atoms. The number of nitrogens with zero attached hydrogens (tertiary/aromatic N) is 2. The lowest BCUT2D eigenvalue weighted by Gasteiger charge is -2.33. The van der Waals surface area contributed by atoms with Gasteiger partial charge in [0.25, 0.3) is 0 Å². The minimum atomic E-state index is -0.204. The van der Waals surface area contributed by atoms with E-state index < -0.39 is 0 Å². The minimum Gasteiger partial charge on any atom is -0.324 e. The van der Waals surface area contributed by atoms with E-state index in [1.165, 1.54) is 5.56 Å². The van der Waals surface area contributed by atoms with Gasteiger partial charge >= 0.3 is 6.03 Å². The SMILES string of the molecule is CCc1ccc(N2C(=O)N(CC(=O)Nc3c(C(C)C)cccc3C(C)C)CC23CCCC3)cc1. The summed E-state index contributed by atoms with van der Waals surface area (Å²) in [6.07, 6.45) is 5.19. The van der Waals surface area contributed by atoms with E-state index in [0.29, 0.717) is 18.4 Å². The normalized spacial score (nSPS) is 17.4. The van der Waals surface area contributed by atoms with Gasteiger partial charge in [-0.25, -0.2) is 4.79 Å². The van der Waals surface area contributed by atoms with Crippen LogP contribution in [0.25, 0.3) is 0 Å². The van der Waals surface area contributed by atoms with Crippen LogP contribution >= 0.6 is 0 Å². The van der Waals surface area contributed by atoms with Gasteiger partial charge in [0.1, 0.15) is 6.54 Å². The molecule has 34 heavy (non-hydrogen) atoms. The highest BCUT2D eigenvalue weighted by molar-refractivity contribution is 6.01. The fourth-order valence-corrected chi connectivity index (χ4v) is 5.69. The second kappa shape index (κ2) is 9.81. The molecule has 0 aromatic heterocycles. The Balaban J connectivity index is 1.57. The molecule has 1 spiro atoms. The van der Waals surface area contributed by atoms with E-state index in [2.05, 4.69) is 82.4 Å². The molecule has 1 heterocycles. The number of aryl methyl sites for hydroxylation is 1. The van der Waals surface area contributed by atoms with Crippen LogP contribution in [0.1, 0.15) is 88.8 Å². The summed E-state index contributed by atoms with van der Waals surface area (Å²) in [6.45, 7) is 11.4. The predicted octanol–water partition coefficient (Wildman–Crippen LogP) is 6.69. The molecule has 0 unspecified atom stereocenters. The summed E-state index contributed by atoms with van der Waals surface area (Å²) >= 11 is 0. The van der Waals surface area contributed by atoms with E-state index in [-0.39, 0.29) is 24.0 Å². The molecule has 2 fully saturated rings. The predicted molar refractivity (Wildman–Crippen MR) is 140 cm³/mol. The first-order chi connectivity index (χ1) is 16.3. The summed E-state index contributed by atoms with van der Waals surface area (Å²) < 4.78 is 0. The number of hydrogen-bond donors (Lipinski definition) is 1. The summed E-state index contributed by atoms with van der Waals surface area (Å²) in [5.74, 6) is 0.469. The van der Waals surface area contributed by atoms with Gasteiger partial charge in [0.2, 0.25) is 5.91 Å². The van der Waals surface area contributed by atoms with Crippen LogP contribution in [0.5, 0.6) is 0 Å². The fourth-order valence-electron chi connectivity index (χ4n) is 5.69. The Morgan fingerprint density at radius 2 is 1.56 bits per heavy atom. The number of para-hydroxylation sites is 1. The average Bonchev–Trinajstić information content (AvgIpc) is 3.37. The first-order valence-electron chi connectivity index (χ1n) is 12.9. The Morgan fingerprint density at radius 3 is 2.09 bits per heavy atom. The van der Waals surface area contributed by atoms with Gasteiger partial charge in [-0.1, -0.05) is 77.8 Å². The van der Waals surface area contributed by atoms with Crippen molar-refractivity contribution in [1.29, 1.82) is 0 Å². The molecular formula is C29H39N3O2. The van der Waals surface area contributed by atoms with Crippen LogP contribution in [-0.2, 0) is 11.2 Å². The molecule has 1 aliphatic carbocycles. The Bertz CT molecular complexity index is 1010. The second-order valence-electron chi connectivity index (χ2n) is 10.6. The largest absolute Gasteiger partial charge is 0.325 e.